The first-order chi connectivity index (χ1) is 9.66. The monoisotopic (exact) mass is 288 g/mol. The van der Waals surface area contributed by atoms with E-state index in [-0.39, 0.29) is 5.56 Å². The molecule has 1 unspecified atom stereocenters. The van der Waals surface area contributed by atoms with Crippen molar-refractivity contribution in [1.29, 1.82) is 0 Å². The fraction of sp³-hybridized carbons (Fsp3) is 0.0588. The van der Waals surface area contributed by atoms with Crippen LogP contribution in [0.4, 0.5) is 8.78 Å². The van der Waals surface area contributed by atoms with E-state index in [9.17, 15) is 8.78 Å². The third-order valence-electron chi connectivity index (χ3n) is 3.33. The highest BCUT2D eigenvalue weighted by Crippen LogP contribution is 2.35. The molecule has 0 aliphatic heterocycles. The molecule has 0 saturated heterocycles. The highest BCUT2D eigenvalue weighted by molar-refractivity contribution is 6.23. The summed E-state index contributed by atoms with van der Waals surface area (Å²) in [5.41, 5.74) is 0.928. The Morgan fingerprint density at radius 3 is 2.40 bits per heavy atom. The summed E-state index contributed by atoms with van der Waals surface area (Å²) in [6, 6.07) is 16.7. The zero-order valence-electron chi connectivity index (χ0n) is 10.5. The molecule has 100 valence electrons. The van der Waals surface area contributed by atoms with Crippen LogP contribution in [0.5, 0.6) is 0 Å². The Hall–Kier alpha value is -1.93. The molecule has 0 saturated carbocycles. The van der Waals surface area contributed by atoms with Gasteiger partial charge in [0, 0.05) is 5.56 Å². The minimum Gasteiger partial charge on any atom is -0.207 e. The maximum absolute atomic E-state index is 13.9. The SMILES string of the molecule is Fc1ccc(F)c(C(Cl)c2cccc3ccccc23)c1. The van der Waals surface area contributed by atoms with Crippen molar-refractivity contribution in [1.82, 2.24) is 0 Å². The molecule has 0 N–H and O–H groups in total. The molecule has 3 heteroatoms. The molecule has 20 heavy (non-hydrogen) atoms. The Labute approximate surface area is 120 Å². The van der Waals surface area contributed by atoms with Gasteiger partial charge in [-0.05, 0) is 34.5 Å². The molecule has 0 fully saturated rings. The number of rotatable bonds is 2. The van der Waals surface area contributed by atoms with E-state index >= 15 is 0 Å². The maximum atomic E-state index is 13.9. The molecule has 1 atom stereocenters. The zero-order chi connectivity index (χ0) is 14.1. The number of hydrogen-bond donors (Lipinski definition) is 0. The Bertz CT molecular complexity index is 763. The lowest BCUT2D eigenvalue weighted by Crippen LogP contribution is -1.99. The molecule has 3 rings (SSSR count). The molecular formula is C17H11ClF2. The summed E-state index contributed by atoms with van der Waals surface area (Å²) in [5.74, 6) is -0.994. The highest BCUT2D eigenvalue weighted by Gasteiger charge is 2.18. The summed E-state index contributed by atoms with van der Waals surface area (Å²) in [5, 5.41) is 1.24. The summed E-state index contributed by atoms with van der Waals surface area (Å²) >= 11 is 6.38. The van der Waals surface area contributed by atoms with Gasteiger partial charge in [0.25, 0.3) is 0 Å². The first-order valence-corrected chi connectivity index (χ1v) is 6.67. The number of fused-ring (bicyclic) bond motifs is 1. The summed E-state index contributed by atoms with van der Waals surface area (Å²) < 4.78 is 27.2. The van der Waals surface area contributed by atoms with E-state index in [0.717, 1.165) is 34.5 Å². The summed E-state index contributed by atoms with van der Waals surface area (Å²) in [7, 11) is 0. The van der Waals surface area contributed by atoms with Gasteiger partial charge in [0.2, 0.25) is 0 Å². The Morgan fingerprint density at radius 1 is 0.800 bits per heavy atom. The molecule has 3 aromatic carbocycles. The van der Waals surface area contributed by atoms with Gasteiger partial charge in [-0.3, -0.25) is 0 Å². The van der Waals surface area contributed by atoms with E-state index in [0.29, 0.717) is 0 Å². The van der Waals surface area contributed by atoms with Crippen LogP contribution in [0.15, 0.2) is 60.7 Å². The van der Waals surface area contributed by atoms with Crippen molar-refractivity contribution in [2.24, 2.45) is 0 Å². The molecule has 0 aliphatic carbocycles. The molecule has 0 nitrogen and oxygen atoms in total. The second-order valence-electron chi connectivity index (χ2n) is 4.60. The van der Waals surface area contributed by atoms with Gasteiger partial charge in [-0.25, -0.2) is 8.78 Å². The topological polar surface area (TPSA) is 0 Å². The van der Waals surface area contributed by atoms with Gasteiger partial charge in [-0.2, -0.15) is 0 Å². The van der Waals surface area contributed by atoms with Crippen molar-refractivity contribution >= 4 is 22.4 Å². The first kappa shape index (κ1) is 13.1. The number of benzene rings is 3. The lowest BCUT2D eigenvalue weighted by atomic mass is 9.97. The lowest BCUT2D eigenvalue weighted by Gasteiger charge is -2.14. The average molecular weight is 289 g/mol. The van der Waals surface area contributed by atoms with Crippen molar-refractivity contribution in [3.8, 4) is 0 Å². The molecule has 0 heterocycles. The third-order valence-corrected chi connectivity index (χ3v) is 3.80. The van der Waals surface area contributed by atoms with Crippen LogP contribution in [-0.4, -0.2) is 0 Å². The van der Waals surface area contributed by atoms with Crippen LogP contribution in [0.2, 0.25) is 0 Å². The second-order valence-corrected chi connectivity index (χ2v) is 5.03. The van der Waals surface area contributed by atoms with Crippen molar-refractivity contribution < 1.29 is 8.78 Å². The largest absolute Gasteiger partial charge is 0.207 e. The molecule has 0 spiro atoms. The van der Waals surface area contributed by atoms with Gasteiger partial charge in [0.1, 0.15) is 11.6 Å². The third kappa shape index (κ3) is 2.27. The predicted octanol–water partition coefficient (Wildman–Crippen LogP) is 5.45. The van der Waals surface area contributed by atoms with Gasteiger partial charge in [-0.15, -0.1) is 11.6 Å². The van der Waals surface area contributed by atoms with E-state index in [4.69, 9.17) is 11.6 Å². The molecule has 0 bridgehead atoms. The van der Waals surface area contributed by atoms with Crippen molar-refractivity contribution in [2.45, 2.75) is 5.38 Å². The van der Waals surface area contributed by atoms with Crippen molar-refractivity contribution in [3.05, 3.63) is 83.4 Å². The summed E-state index contributed by atoms with van der Waals surface area (Å²) in [4.78, 5) is 0. The normalized spacial score (nSPS) is 12.6. The van der Waals surface area contributed by atoms with Crippen LogP contribution >= 0.6 is 11.6 Å². The van der Waals surface area contributed by atoms with Crippen LogP contribution in [0.25, 0.3) is 10.8 Å². The standard InChI is InChI=1S/C17H11ClF2/c18-17(15-10-12(19)8-9-16(15)20)14-7-3-5-11-4-1-2-6-13(11)14/h1-10,17H. The molecular weight excluding hydrogens is 278 g/mol. The van der Waals surface area contributed by atoms with Crippen LogP contribution in [-0.2, 0) is 0 Å². The molecule has 0 aromatic heterocycles. The number of halogens is 3. The smallest absolute Gasteiger partial charge is 0.128 e. The summed E-state index contributed by atoms with van der Waals surface area (Å²) in [6.07, 6.45) is 0. The number of hydrogen-bond acceptors (Lipinski definition) is 0. The maximum Gasteiger partial charge on any atom is 0.128 e. The Morgan fingerprint density at radius 2 is 1.55 bits per heavy atom. The minimum absolute atomic E-state index is 0.156. The van der Waals surface area contributed by atoms with E-state index in [2.05, 4.69) is 0 Å². The van der Waals surface area contributed by atoms with Crippen LogP contribution in [0.3, 0.4) is 0 Å². The van der Waals surface area contributed by atoms with E-state index in [1.165, 1.54) is 0 Å². The van der Waals surface area contributed by atoms with E-state index in [1.54, 1.807) is 0 Å². The van der Waals surface area contributed by atoms with Gasteiger partial charge < -0.3 is 0 Å². The van der Waals surface area contributed by atoms with Crippen LogP contribution in [0, 0.1) is 11.6 Å². The molecule has 0 radical (unpaired) electrons. The fourth-order valence-electron chi connectivity index (χ4n) is 2.35. The van der Waals surface area contributed by atoms with Crippen LogP contribution < -0.4 is 0 Å². The Balaban J connectivity index is 2.17. The Kier molecular flexibility index (Phi) is 3.41. The van der Waals surface area contributed by atoms with Crippen LogP contribution in [0.1, 0.15) is 16.5 Å². The van der Waals surface area contributed by atoms with E-state index in [1.807, 2.05) is 42.5 Å². The van der Waals surface area contributed by atoms with Gasteiger partial charge in [0.15, 0.2) is 0 Å². The fourth-order valence-corrected chi connectivity index (χ4v) is 2.71. The minimum atomic E-state index is -0.725. The first-order valence-electron chi connectivity index (χ1n) is 6.23. The quantitative estimate of drug-likeness (QED) is 0.550. The highest BCUT2D eigenvalue weighted by atomic mass is 35.5. The van der Waals surface area contributed by atoms with Gasteiger partial charge >= 0.3 is 0 Å². The van der Waals surface area contributed by atoms with Gasteiger partial charge in [0.05, 0.1) is 5.38 Å². The van der Waals surface area contributed by atoms with Crippen molar-refractivity contribution in [2.75, 3.05) is 0 Å². The average Bonchev–Trinajstić information content (AvgIpc) is 2.48. The van der Waals surface area contributed by atoms with Gasteiger partial charge in [-0.1, -0.05) is 42.5 Å². The number of alkyl halides is 1. The predicted molar refractivity (Wildman–Crippen MR) is 78.0 cm³/mol. The molecule has 0 amide bonds. The zero-order valence-corrected chi connectivity index (χ0v) is 11.2. The molecule has 3 aromatic rings. The summed E-state index contributed by atoms with van der Waals surface area (Å²) in [6.45, 7) is 0. The second kappa shape index (κ2) is 5.22. The van der Waals surface area contributed by atoms with Crippen molar-refractivity contribution in [3.63, 3.8) is 0 Å². The molecule has 0 aliphatic rings. The van der Waals surface area contributed by atoms with E-state index < -0.39 is 17.0 Å². The lowest BCUT2D eigenvalue weighted by molar-refractivity contribution is 0.587.